The Labute approximate surface area is 181 Å². The Kier molecular flexibility index (Phi) is 6.71. The summed E-state index contributed by atoms with van der Waals surface area (Å²) < 4.78 is 0. The van der Waals surface area contributed by atoms with Gasteiger partial charge in [0.1, 0.15) is 5.69 Å². The zero-order valence-electron chi connectivity index (χ0n) is 17.1. The lowest BCUT2D eigenvalue weighted by atomic mass is 10.0. The van der Waals surface area contributed by atoms with Crippen molar-refractivity contribution in [1.82, 2.24) is 15.3 Å². The third kappa shape index (κ3) is 5.43. The second-order valence-corrected chi connectivity index (χ2v) is 8.54. The van der Waals surface area contributed by atoms with Crippen molar-refractivity contribution in [3.05, 3.63) is 70.9 Å². The van der Waals surface area contributed by atoms with E-state index in [0.29, 0.717) is 17.8 Å². The number of anilines is 2. The fourth-order valence-electron chi connectivity index (χ4n) is 3.90. The number of aromatic nitrogens is 2. The smallest absolute Gasteiger partial charge is 0.275 e. The van der Waals surface area contributed by atoms with Crippen LogP contribution in [0.4, 0.5) is 11.4 Å². The normalized spacial score (nSPS) is 15.7. The molecule has 0 aliphatic carbocycles. The Morgan fingerprint density at radius 1 is 1.20 bits per heavy atom. The van der Waals surface area contributed by atoms with E-state index in [-0.39, 0.29) is 5.91 Å². The van der Waals surface area contributed by atoms with Gasteiger partial charge in [0.05, 0.1) is 6.20 Å². The average Bonchev–Trinajstić information content (AvgIpc) is 3.28. The lowest BCUT2D eigenvalue weighted by Crippen LogP contribution is -2.46. The number of piperidine rings is 1. The molecule has 0 saturated carbocycles. The van der Waals surface area contributed by atoms with Crippen molar-refractivity contribution in [1.29, 1.82) is 0 Å². The van der Waals surface area contributed by atoms with Gasteiger partial charge >= 0.3 is 0 Å². The molecule has 1 amide bonds. The van der Waals surface area contributed by atoms with E-state index in [4.69, 9.17) is 0 Å². The molecule has 1 aliphatic heterocycles. The molecule has 0 radical (unpaired) electrons. The van der Waals surface area contributed by atoms with Crippen LogP contribution in [-0.4, -0.2) is 41.0 Å². The van der Waals surface area contributed by atoms with E-state index in [2.05, 4.69) is 61.4 Å². The predicted octanol–water partition coefficient (Wildman–Crippen LogP) is 3.98. The molecule has 30 heavy (non-hydrogen) atoms. The van der Waals surface area contributed by atoms with Gasteiger partial charge in [0.15, 0.2) is 0 Å². The summed E-state index contributed by atoms with van der Waals surface area (Å²) in [7, 11) is 0. The van der Waals surface area contributed by atoms with Gasteiger partial charge < -0.3 is 15.5 Å². The molecule has 2 aromatic heterocycles. The van der Waals surface area contributed by atoms with Gasteiger partial charge in [-0.25, -0.2) is 4.98 Å². The Morgan fingerprint density at radius 2 is 2.00 bits per heavy atom. The van der Waals surface area contributed by atoms with E-state index in [1.165, 1.54) is 23.6 Å². The highest BCUT2D eigenvalue weighted by Gasteiger charge is 2.21. The molecule has 0 bridgehead atoms. The highest BCUT2D eigenvalue weighted by Crippen LogP contribution is 2.23. The van der Waals surface area contributed by atoms with Crippen LogP contribution < -0.4 is 15.5 Å². The summed E-state index contributed by atoms with van der Waals surface area (Å²) in [5.41, 5.74) is 3.68. The third-order valence-corrected chi connectivity index (χ3v) is 6.16. The largest absolute Gasteiger partial charge is 0.371 e. The molecule has 1 atom stereocenters. The van der Waals surface area contributed by atoms with Crippen molar-refractivity contribution in [2.75, 3.05) is 23.3 Å². The fraction of sp³-hybridized carbons (Fsp3) is 0.348. The minimum absolute atomic E-state index is 0.251. The SMILES string of the molecule is C[C@@H](Cc1ccsc1)NC1CCN(c2ccc(NC(=O)c3cnccn3)cc2)CC1. The fourth-order valence-corrected chi connectivity index (χ4v) is 4.58. The van der Waals surface area contributed by atoms with Gasteiger partial charge in [0.2, 0.25) is 0 Å². The first-order valence-electron chi connectivity index (χ1n) is 10.4. The minimum atomic E-state index is -0.251. The summed E-state index contributed by atoms with van der Waals surface area (Å²) in [5.74, 6) is -0.251. The molecule has 7 heteroatoms. The molecule has 0 spiro atoms. The van der Waals surface area contributed by atoms with Gasteiger partial charge in [-0.2, -0.15) is 11.3 Å². The molecule has 156 valence electrons. The second kappa shape index (κ2) is 9.82. The van der Waals surface area contributed by atoms with Gasteiger partial charge in [0, 0.05) is 48.9 Å². The summed E-state index contributed by atoms with van der Waals surface area (Å²) in [6.45, 7) is 4.35. The molecular formula is C23H27N5OS. The van der Waals surface area contributed by atoms with Crippen LogP contribution in [0.1, 0.15) is 35.8 Å². The van der Waals surface area contributed by atoms with Crippen molar-refractivity contribution >= 4 is 28.6 Å². The molecule has 3 aromatic rings. The summed E-state index contributed by atoms with van der Waals surface area (Å²) in [6, 6.07) is 11.3. The van der Waals surface area contributed by atoms with Crippen LogP contribution in [0.5, 0.6) is 0 Å². The number of rotatable bonds is 7. The number of thiophene rings is 1. The van der Waals surface area contributed by atoms with E-state index in [0.717, 1.165) is 38.0 Å². The Bertz CT molecular complexity index is 922. The predicted molar refractivity (Wildman–Crippen MR) is 122 cm³/mol. The number of nitrogens with zero attached hydrogens (tertiary/aromatic N) is 3. The quantitative estimate of drug-likeness (QED) is 0.604. The van der Waals surface area contributed by atoms with Gasteiger partial charge in [-0.3, -0.25) is 9.78 Å². The topological polar surface area (TPSA) is 70.2 Å². The first-order valence-corrected chi connectivity index (χ1v) is 11.3. The van der Waals surface area contributed by atoms with Crippen molar-refractivity contribution in [3.63, 3.8) is 0 Å². The first-order chi connectivity index (χ1) is 14.7. The highest BCUT2D eigenvalue weighted by molar-refractivity contribution is 7.07. The van der Waals surface area contributed by atoms with Crippen LogP contribution in [0, 0.1) is 0 Å². The summed E-state index contributed by atoms with van der Waals surface area (Å²) in [6.07, 6.45) is 7.89. The van der Waals surface area contributed by atoms with Crippen LogP contribution in [0.25, 0.3) is 0 Å². The number of carbonyl (C=O) groups is 1. The van der Waals surface area contributed by atoms with Crippen LogP contribution in [0.2, 0.25) is 0 Å². The number of carbonyl (C=O) groups excluding carboxylic acids is 1. The molecule has 2 N–H and O–H groups in total. The number of hydrogen-bond donors (Lipinski definition) is 2. The lowest BCUT2D eigenvalue weighted by Gasteiger charge is -2.35. The number of amides is 1. The molecule has 1 aliphatic rings. The average molecular weight is 422 g/mol. The summed E-state index contributed by atoms with van der Waals surface area (Å²) in [5, 5.41) is 11.0. The molecule has 1 fully saturated rings. The van der Waals surface area contributed by atoms with E-state index < -0.39 is 0 Å². The van der Waals surface area contributed by atoms with Crippen LogP contribution in [0.15, 0.2) is 59.7 Å². The summed E-state index contributed by atoms with van der Waals surface area (Å²) in [4.78, 5) is 22.6. The number of nitrogens with one attached hydrogen (secondary N) is 2. The monoisotopic (exact) mass is 421 g/mol. The third-order valence-electron chi connectivity index (χ3n) is 5.42. The number of hydrogen-bond acceptors (Lipinski definition) is 6. The highest BCUT2D eigenvalue weighted by atomic mass is 32.1. The van der Waals surface area contributed by atoms with Crippen molar-refractivity contribution < 1.29 is 4.79 Å². The maximum Gasteiger partial charge on any atom is 0.275 e. The molecule has 3 heterocycles. The van der Waals surface area contributed by atoms with Gasteiger partial charge in [-0.15, -0.1) is 0 Å². The van der Waals surface area contributed by atoms with Crippen molar-refractivity contribution in [2.45, 2.75) is 38.3 Å². The van der Waals surface area contributed by atoms with Gasteiger partial charge in [-0.05, 0) is 72.8 Å². The molecule has 4 rings (SSSR count). The van der Waals surface area contributed by atoms with Crippen LogP contribution >= 0.6 is 11.3 Å². The zero-order valence-corrected chi connectivity index (χ0v) is 17.9. The first kappa shape index (κ1) is 20.5. The standard InChI is InChI=1S/C23H27N5OS/c1-17(14-18-8-13-30-16-18)26-20-6-11-28(12-7-20)21-4-2-19(3-5-21)27-23(29)22-15-24-9-10-25-22/h2-5,8-10,13,15-17,20,26H,6-7,11-12,14H2,1H3,(H,27,29)/t17-/m0/s1. The van der Waals surface area contributed by atoms with E-state index in [1.807, 2.05) is 12.1 Å². The van der Waals surface area contributed by atoms with Crippen molar-refractivity contribution in [2.24, 2.45) is 0 Å². The molecule has 1 aromatic carbocycles. The minimum Gasteiger partial charge on any atom is -0.371 e. The molecule has 1 saturated heterocycles. The number of benzene rings is 1. The lowest BCUT2D eigenvalue weighted by molar-refractivity contribution is 0.102. The maximum atomic E-state index is 12.2. The molecular weight excluding hydrogens is 394 g/mol. The van der Waals surface area contributed by atoms with E-state index in [9.17, 15) is 4.79 Å². The van der Waals surface area contributed by atoms with E-state index in [1.54, 1.807) is 17.5 Å². The van der Waals surface area contributed by atoms with Gasteiger partial charge in [0.25, 0.3) is 5.91 Å². The Hall–Kier alpha value is -2.77. The second-order valence-electron chi connectivity index (χ2n) is 7.76. The molecule has 0 unspecified atom stereocenters. The summed E-state index contributed by atoms with van der Waals surface area (Å²) >= 11 is 1.76. The Morgan fingerprint density at radius 3 is 2.67 bits per heavy atom. The van der Waals surface area contributed by atoms with Crippen LogP contribution in [0.3, 0.4) is 0 Å². The van der Waals surface area contributed by atoms with Crippen molar-refractivity contribution in [3.8, 4) is 0 Å². The maximum absolute atomic E-state index is 12.2. The Balaban J connectivity index is 1.25. The van der Waals surface area contributed by atoms with Gasteiger partial charge in [-0.1, -0.05) is 0 Å². The molecule has 6 nitrogen and oxygen atoms in total. The van der Waals surface area contributed by atoms with E-state index >= 15 is 0 Å². The zero-order chi connectivity index (χ0) is 20.8. The van der Waals surface area contributed by atoms with Crippen LogP contribution in [-0.2, 0) is 6.42 Å².